The zero-order valence-electron chi connectivity index (χ0n) is 8.45. The molecule has 0 amide bonds. The molecule has 2 aliphatic rings. The molecule has 14 heavy (non-hydrogen) atoms. The smallest absolute Gasteiger partial charge is 0.0342 e. The Morgan fingerprint density at radius 3 is 2.50 bits per heavy atom. The first kappa shape index (κ1) is 8.34. The fraction of sp³-hybridized carbons (Fsp3) is 0.538. The third kappa shape index (κ3) is 1.41. The number of hydrogen-bond acceptors (Lipinski definition) is 1. The van der Waals surface area contributed by atoms with Gasteiger partial charge in [0.05, 0.1) is 0 Å². The van der Waals surface area contributed by atoms with Gasteiger partial charge in [0.1, 0.15) is 0 Å². The highest BCUT2D eigenvalue weighted by molar-refractivity contribution is 5.44. The van der Waals surface area contributed by atoms with Gasteiger partial charge in [0.2, 0.25) is 0 Å². The van der Waals surface area contributed by atoms with E-state index in [9.17, 15) is 0 Å². The predicted octanol–water partition coefficient (Wildman–Crippen LogP) is 3.29. The van der Waals surface area contributed by atoms with Crippen molar-refractivity contribution >= 4 is 5.69 Å². The highest BCUT2D eigenvalue weighted by Crippen LogP contribution is 2.45. The zero-order valence-corrected chi connectivity index (χ0v) is 8.45. The van der Waals surface area contributed by atoms with Gasteiger partial charge in [-0.15, -0.1) is 0 Å². The minimum absolute atomic E-state index is 0.760. The normalized spacial score (nSPS) is 34.7. The largest absolute Gasteiger partial charge is 0.382 e. The van der Waals surface area contributed by atoms with Crippen LogP contribution < -0.4 is 5.32 Å². The van der Waals surface area contributed by atoms with Crippen molar-refractivity contribution in [2.75, 3.05) is 5.32 Å². The second-order valence-electron chi connectivity index (χ2n) is 4.79. The lowest BCUT2D eigenvalue weighted by Crippen LogP contribution is -2.25. The summed E-state index contributed by atoms with van der Waals surface area (Å²) in [6.45, 7) is 0. The van der Waals surface area contributed by atoms with Crippen LogP contribution in [0.4, 0.5) is 5.69 Å². The molecule has 0 saturated heterocycles. The van der Waals surface area contributed by atoms with Gasteiger partial charge in [-0.1, -0.05) is 24.6 Å². The lowest BCUT2D eigenvalue weighted by Gasteiger charge is -2.23. The molecule has 3 rings (SSSR count). The molecule has 0 heterocycles. The van der Waals surface area contributed by atoms with Crippen LogP contribution in [0.25, 0.3) is 0 Å². The van der Waals surface area contributed by atoms with Crippen LogP contribution in [0, 0.1) is 11.8 Å². The third-order valence-corrected chi connectivity index (χ3v) is 3.86. The highest BCUT2D eigenvalue weighted by Gasteiger charge is 2.39. The number of hydrogen-bond donors (Lipinski definition) is 1. The topological polar surface area (TPSA) is 12.0 Å². The average molecular weight is 187 g/mol. The van der Waals surface area contributed by atoms with E-state index in [1.807, 2.05) is 0 Å². The van der Waals surface area contributed by atoms with Gasteiger partial charge in [-0.05, 0) is 43.2 Å². The van der Waals surface area contributed by atoms with E-state index >= 15 is 0 Å². The predicted molar refractivity (Wildman–Crippen MR) is 59.3 cm³/mol. The Morgan fingerprint density at radius 2 is 1.86 bits per heavy atom. The number of fused-ring (bicyclic) bond motifs is 2. The lowest BCUT2D eigenvalue weighted by atomic mass is 9.95. The number of rotatable bonds is 2. The van der Waals surface area contributed by atoms with Crippen LogP contribution in [0.2, 0.25) is 0 Å². The summed E-state index contributed by atoms with van der Waals surface area (Å²) in [5.41, 5.74) is 1.30. The molecule has 0 aromatic heterocycles. The average Bonchev–Trinajstić information content (AvgIpc) is 2.81. The summed E-state index contributed by atoms with van der Waals surface area (Å²) in [6, 6.07) is 11.4. The van der Waals surface area contributed by atoms with Crippen molar-refractivity contribution in [1.82, 2.24) is 0 Å². The molecule has 0 unspecified atom stereocenters. The molecule has 2 fully saturated rings. The molecular weight excluding hydrogens is 170 g/mol. The van der Waals surface area contributed by atoms with E-state index in [4.69, 9.17) is 0 Å². The monoisotopic (exact) mass is 187 g/mol. The van der Waals surface area contributed by atoms with Crippen LogP contribution in [0.15, 0.2) is 30.3 Å². The van der Waals surface area contributed by atoms with Crippen molar-refractivity contribution in [3.05, 3.63) is 30.3 Å². The van der Waals surface area contributed by atoms with Crippen LogP contribution in [-0.2, 0) is 0 Å². The fourth-order valence-corrected chi connectivity index (χ4v) is 3.17. The van der Waals surface area contributed by atoms with Crippen molar-refractivity contribution < 1.29 is 0 Å². The number of benzene rings is 1. The van der Waals surface area contributed by atoms with Crippen molar-refractivity contribution in [3.63, 3.8) is 0 Å². The summed E-state index contributed by atoms with van der Waals surface area (Å²) in [5, 5.41) is 3.67. The second kappa shape index (κ2) is 3.30. The number of para-hydroxylation sites is 1. The summed E-state index contributed by atoms with van der Waals surface area (Å²) in [7, 11) is 0. The van der Waals surface area contributed by atoms with Crippen molar-refractivity contribution in [3.8, 4) is 0 Å². The molecule has 1 N–H and O–H groups in total. The van der Waals surface area contributed by atoms with E-state index in [-0.39, 0.29) is 0 Å². The van der Waals surface area contributed by atoms with E-state index in [1.54, 1.807) is 0 Å². The molecule has 2 aliphatic carbocycles. The first-order chi connectivity index (χ1) is 6.92. The van der Waals surface area contributed by atoms with Crippen LogP contribution in [0.3, 0.4) is 0 Å². The molecule has 1 aromatic carbocycles. The third-order valence-electron chi connectivity index (χ3n) is 3.86. The van der Waals surface area contributed by atoms with E-state index in [0.717, 1.165) is 17.9 Å². The van der Waals surface area contributed by atoms with Crippen LogP contribution in [0.5, 0.6) is 0 Å². The summed E-state index contributed by atoms with van der Waals surface area (Å²) < 4.78 is 0. The summed E-state index contributed by atoms with van der Waals surface area (Å²) >= 11 is 0. The lowest BCUT2D eigenvalue weighted by molar-refractivity contribution is 0.440. The minimum Gasteiger partial charge on any atom is -0.382 e. The van der Waals surface area contributed by atoms with E-state index < -0.39 is 0 Å². The molecule has 1 heteroatoms. The molecular formula is C13H17N. The Balaban J connectivity index is 1.69. The van der Waals surface area contributed by atoms with Gasteiger partial charge in [0, 0.05) is 11.7 Å². The van der Waals surface area contributed by atoms with Crippen molar-refractivity contribution in [2.45, 2.75) is 31.7 Å². The van der Waals surface area contributed by atoms with E-state index in [0.29, 0.717) is 0 Å². The van der Waals surface area contributed by atoms with Crippen LogP contribution in [-0.4, -0.2) is 6.04 Å². The van der Waals surface area contributed by atoms with Gasteiger partial charge in [0.15, 0.2) is 0 Å². The first-order valence-corrected chi connectivity index (χ1v) is 5.73. The van der Waals surface area contributed by atoms with Gasteiger partial charge in [-0.3, -0.25) is 0 Å². The molecule has 1 aromatic rings. The van der Waals surface area contributed by atoms with E-state index in [1.165, 1.54) is 31.4 Å². The molecule has 74 valence electrons. The summed E-state index contributed by atoms with van der Waals surface area (Å²) in [4.78, 5) is 0. The maximum atomic E-state index is 3.67. The van der Waals surface area contributed by atoms with E-state index in [2.05, 4.69) is 35.6 Å². The molecule has 3 atom stereocenters. The second-order valence-corrected chi connectivity index (χ2v) is 4.79. The SMILES string of the molecule is c1ccc(N[C@H]2C[C@@H]3CC[C@@H]2C3)cc1. The Morgan fingerprint density at radius 1 is 1.00 bits per heavy atom. The van der Waals surface area contributed by atoms with Crippen molar-refractivity contribution in [1.29, 1.82) is 0 Å². The molecule has 0 aliphatic heterocycles. The molecule has 0 spiro atoms. The maximum Gasteiger partial charge on any atom is 0.0342 e. The molecule has 2 saturated carbocycles. The van der Waals surface area contributed by atoms with Gasteiger partial charge in [-0.2, -0.15) is 0 Å². The van der Waals surface area contributed by atoms with Gasteiger partial charge >= 0.3 is 0 Å². The Labute approximate surface area is 85.5 Å². The Kier molecular flexibility index (Phi) is 1.97. The number of nitrogens with one attached hydrogen (secondary N) is 1. The number of anilines is 1. The molecule has 2 bridgehead atoms. The van der Waals surface area contributed by atoms with Gasteiger partial charge < -0.3 is 5.32 Å². The van der Waals surface area contributed by atoms with Crippen molar-refractivity contribution in [2.24, 2.45) is 11.8 Å². The maximum absolute atomic E-state index is 3.67. The van der Waals surface area contributed by atoms with Crippen LogP contribution in [0.1, 0.15) is 25.7 Å². The first-order valence-electron chi connectivity index (χ1n) is 5.73. The van der Waals surface area contributed by atoms with Gasteiger partial charge in [-0.25, -0.2) is 0 Å². The zero-order chi connectivity index (χ0) is 9.38. The summed E-state index contributed by atoms with van der Waals surface area (Å²) in [5.74, 6) is 1.99. The standard InChI is InChI=1S/C13H17N/c1-2-4-12(5-3-1)14-13-9-10-6-7-11(13)8-10/h1-5,10-11,13-14H,6-9H2/t10-,11-,13+/m1/s1. The molecule has 1 nitrogen and oxygen atoms in total. The minimum atomic E-state index is 0.760. The van der Waals surface area contributed by atoms with Gasteiger partial charge in [0.25, 0.3) is 0 Å². The highest BCUT2D eigenvalue weighted by atomic mass is 14.9. The summed E-state index contributed by atoms with van der Waals surface area (Å²) in [6.07, 6.45) is 5.82. The Bertz CT molecular complexity index is 306. The quantitative estimate of drug-likeness (QED) is 0.749. The molecule has 0 radical (unpaired) electrons. The van der Waals surface area contributed by atoms with Crippen LogP contribution >= 0.6 is 0 Å². The Hall–Kier alpha value is -0.980. The fourth-order valence-electron chi connectivity index (χ4n) is 3.17.